The van der Waals surface area contributed by atoms with E-state index in [0.29, 0.717) is 13.2 Å². The molecule has 2 nitrogen and oxygen atoms in total. The largest absolute Gasteiger partial charge is 0.370 e. The van der Waals surface area contributed by atoms with E-state index in [1.807, 2.05) is 24.3 Å². The van der Waals surface area contributed by atoms with Crippen molar-refractivity contribution >= 4 is 11.8 Å². The average molecular weight is 283 g/mol. The number of rotatable bonds is 3. The number of halogens is 1. The molecule has 0 aromatic heterocycles. The van der Waals surface area contributed by atoms with Gasteiger partial charge in [-0.05, 0) is 29.3 Å². The lowest BCUT2D eigenvalue weighted by atomic mass is 10.1. The van der Waals surface area contributed by atoms with E-state index in [1.54, 1.807) is 12.1 Å². The van der Waals surface area contributed by atoms with Gasteiger partial charge in [0, 0.05) is 18.8 Å². The van der Waals surface area contributed by atoms with Gasteiger partial charge in [0.25, 0.3) is 0 Å². The summed E-state index contributed by atoms with van der Waals surface area (Å²) in [7, 11) is 0. The van der Waals surface area contributed by atoms with Gasteiger partial charge in [-0.15, -0.1) is 0 Å². The highest BCUT2D eigenvalue weighted by molar-refractivity contribution is 5.67. The molecule has 1 fully saturated rings. The fourth-order valence-corrected chi connectivity index (χ4v) is 2.72. The zero-order valence-electron chi connectivity index (χ0n) is 11.8. The van der Waals surface area contributed by atoms with Crippen LogP contribution in [-0.2, 0) is 4.74 Å². The first-order valence-corrected chi connectivity index (χ1v) is 7.11. The molecule has 0 bridgehead atoms. The van der Waals surface area contributed by atoms with Crippen molar-refractivity contribution in [2.75, 3.05) is 24.6 Å². The molecule has 1 aliphatic heterocycles. The summed E-state index contributed by atoms with van der Waals surface area (Å²) in [5.41, 5.74) is 3.14. The molecule has 21 heavy (non-hydrogen) atoms. The van der Waals surface area contributed by atoms with Crippen molar-refractivity contribution in [3.8, 4) is 0 Å². The fraction of sp³-hybridized carbons (Fsp3) is 0.222. The molecule has 2 aromatic rings. The minimum Gasteiger partial charge on any atom is -0.370 e. The number of anilines is 1. The summed E-state index contributed by atoms with van der Waals surface area (Å²) in [6.07, 6.45) is 1.76. The Morgan fingerprint density at radius 3 is 2.86 bits per heavy atom. The van der Waals surface area contributed by atoms with E-state index in [9.17, 15) is 4.39 Å². The van der Waals surface area contributed by atoms with Crippen molar-refractivity contribution in [3.63, 3.8) is 0 Å². The van der Waals surface area contributed by atoms with Crippen LogP contribution in [-0.4, -0.2) is 19.7 Å². The minimum atomic E-state index is -0.222. The Morgan fingerprint density at radius 2 is 2.05 bits per heavy atom. The number of hydrogen-bond donors (Lipinski definition) is 0. The Balaban J connectivity index is 1.84. The minimum absolute atomic E-state index is 0.104. The van der Waals surface area contributed by atoms with Crippen LogP contribution in [0.25, 0.3) is 6.08 Å². The summed E-state index contributed by atoms with van der Waals surface area (Å²) >= 11 is 0. The normalized spacial score (nSPS) is 18.5. The highest BCUT2D eigenvalue weighted by atomic mass is 19.1. The number of benzene rings is 2. The third-order valence-corrected chi connectivity index (χ3v) is 3.78. The van der Waals surface area contributed by atoms with Gasteiger partial charge in [0.2, 0.25) is 0 Å². The molecule has 3 heteroatoms. The van der Waals surface area contributed by atoms with Crippen molar-refractivity contribution in [2.45, 2.75) is 6.10 Å². The van der Waals surface area contributed by atoms with Crippen molar-refractivity contribution in [1.82, 2.24) is 0 Å². The zero-order valence-corrected chi connectivity index (χ0v) is 11.8. The molecule has 1 atom stereocenters. The van der Waals surface area contributed by atoms with Crippen LogP contribution in [0.2, 0.25) is 0 Å². The van der Waals surface area contributed by atoms with E-state index in [-0.39, 0.29) is 11.9 Å². The zero-order chi connectivity index (χ0) is 14.7. The first-order valence-electron chi connectivity index (χ1n) is 7.11. The van der Waals surface area contributed by atoms with Gasteiger partial charge in [-0.3, -0.25) is 0 Å². The molecule has 1 heterocycles. The second kappa shape index (κ2) is 6.10. The Hall–Kier alpha value is -2.13. The quantitative estimate of drug-likeness (QED) is 0.842. The second-order valence-electron chi connectivity index (χ2n) is 5.12. The van der Waals surface area contributed by atoms with Crippen LogP contribution in [0, 0.1) is 5.82 Å². The number of para-hydroxylation sites is 1. The van der Waals surface area contributed by atoms with E-state index in [0.717, 1.165) is 23.4 Å². The van der Waals surface area contributed by atoms with Crippen LogP contribution in [0.4, 0.5) is 10.1 Å². The van der Waals surface area contributed by atoms with E-state index in [4.69, 9.17) is 4.74 Å². The predicted octanol–water partition coefficient (Wildman–Crippen LogP) is 4.05. The predicted molar refractivity (Wildman–Crippen MR) is 83.8 cm³/mol. The van der Waals surface area contributed by atoms with Crippen LogP contribution < -0.4 is 4.90 Å². The molecule has 3 rings (SSSR count). The number of ether oxygens (including phenoxy) is 1. The maximum atomic E-state index is 13.4. The molecular weight excluding hydrogens is 265 g/mol. The smallest absolute Gasteiger partial charge is 0.123 e. The van der Waals surface area contributed by atoms with Crippen LogP contribution in [0.1, 0.15) is 17.2 Å². The topological polar surface area (TPSA) is 12.5 Å². The maximum absolute atomic E-state index is 13.4. The molecule has 1 aliphatic rings. The Bertz CT molecular complexity index is 641. The molecule has 2 aromatic carbocycles. The third-order valence-electron chi connectivity index (χ3n) is 3.78. The molecular formula is C18H18FNO. The molecule has 0 amide bonds. The molecule has 1 saturated heterocycles. The monoisotopic (exact) mass is 283 g/mol. The van der Waals surface area contributed by atoms with Gasteiger partial charge in [0.1, 0.15) is 11.9 Å². The first-order chi connectivity index (χ1) is 10.3. The Labute approximate surface area is 124 Å². The van der Waals surface area contributed by atoms with Gasteiger partial charge >= 0.3 is 0 Å². The summed E-state index contributed by atoms with van der Waals surface area (Å²) < 4.78 is 19.2. The molecule has 0 radical (unpaired) electrons. The molecule has 0 N–H and O–H groups in total. The Kier molecular flexibility index (Phi) is 4.02. The van der Waals surface area contributed by atoms with E-state index < -0.39 is 0 Å². The van der Waals surface area contributed by atoms with Crippen LogP contribution in [0.3, 0.4) is 0 Å². The standard InChI is InChI=1S/C18H18FNO/c1-2-14-6-3-4-9-17(14)20-10-11-21-18(13-20)15-7-5-8-16(19)12-15/h2-9,12,18H,1,10-11,13H2/t18-/m0/s1. The number of hydrogen-bond acceptors (Lipinski definition) is 2. The van der Waals surface area contributed by atoms with Gasteiger partial charge in [-0.25, -0.2) is 4.39 Å². The van der Waals surface area contributed by atoms with Crippen molar-refractivity contribution in [3.05, 3.63) is 72.1 Å². The van der Waals surface area contributed by atoms with Crippen molar-refractivity contribution in [1.29, 1.82) is 0 Å². The lowest BCUT2D eigenvalue weighted by molar-refractivity contribution is 0.0396. The molecule has 108 valence electrons. The van der Waals surface area contributed by atoms with Gasteiger partial charge < -0.3 is 9.64 Å². The van der Waals surface area contributed by atoms with Gasteiger partial charge in [-0.2, -0.15) is 0 Å². The molecule has 0 unspecified atom stereocenters. The summed E-state index contributed by atoms with van der Waals surface area (Å²) in [6, 6.07) is 14.8. The van der Waals surface area contributed by atoms with Gasteiger partial charge in [-0.1, -0.05) is 43.0 Å². The number of nitrogens with zero attached hydrogens (tertiary/aromatic N) is 1. The summed E-state index contributed by atoms with van der Waals surface area (Å²) in [6.45, 7) is 6.05. The lowest BCUT2D eigenvalue weighted by Crippen LogP contribution is -2.38. The summed E-state index contributed by atoms with van der Waals surface area (Å²) in [5, 5.41) is 0. The highest BCUT2D eigenvalue weighted by Gasteiger charge is 2.23. The maximum Gasteiger partial charge on any atom is 0.123 e. The fourth-order valence-electron chi connectivity index (χ4n) is 2.72. The van der Waals surface area contributed by atoms with E-state index >= 15 is 0 Å². The van der Waals surface area contributed by atoms with E-state index in [1.165, 1.54) is 6.07 Å². The SMILES string of the molecule is C=Cc1ccccc1N1CCO[C@H](c2cccc(F)c2)C1. The first kappa shape index (κ1) is 13.8. The van der Waals surface area contributed by atoms with Crippen LogP contribution in [0.15, 0.2) is 55.1 Å². The van der Waals surface area contributed by atoms with Crippen molar-refractivity contribution in [2.24, 2.45) is 0 Å². The van der Waals surface area contributed by atoms with Crippen molar-refractivity contribution < 1.29 is 9.13 Å². The number of morpholine rings is 1. The van der Waals surface area contributed by atoms with E-state index in [2.05, 4.69) is 23.6 Å². The highest BCUT2D eigenvalue weighted by Crippen LogP contribution is 2.29. The summed E-state index contributed by atoms with van der Waals surface area (Å²) in [5.74, 6) is -0.222. The summed E-state index contributed by atoms with van der Waals surface area (Å²) in [4.78, 5) is 2.27. The molecule has 0 saturated carbocycles. The van der Waals surface area contributed by atoms with Crippen LogP contribution >= 0.6 is 0 Å². The van der Waals surface area contributed by atoms with Gasteiger partial charge in [0.15, 0.2) is 0 Å². The Morgan fingerprint density at radius 1 is 1.19 bits per heavy atom. The van der Waals surface area contributed by atoms with Gasteiger partial charge in [0.05, 0.1) is 6.61 Å². The third kappa shape index (κ3) is 2.98. The average Bonchev–Trinajstić information content (AvgIpc) is 2.55. The lowest BCUT2D eigenvalue weighted by Gasteiger charge is -2.35. The molecule has 0 spiro atoms. The second-order valence-corrected chi connectivity index (χ2v) is 5.12. The molecule has 0 aliphatic carbocycles. The van der Waals surface area contributed by atoms with Crippen LogP contribution in [0.5, 0.6) is 0 Å².